The predicted octanol–water partition coefficient (Wildman–Crippen LogP) is 2.55. The Kier molecular flexibility index (Phi) is 8.49. The molecule has 0 aliphatic carbocycles. The number of aromatic nitrogens is 1. The van der Waals surface area contributed by atoms with E-state index in [1.807, 2.05) is 39.0 Å². The van der Waals surface area contributed by atoms with Gasteiger partial charge in [0, 0.05) is 24.7 Å². The SMILES string of the molecule is CC(C)C[C@H](NC(=O)c1cc2ccccc2o1)C(=O)NC1CC(C)CN(S(=O)(=O)c2ccccn2)CC1O. The Morgan fingerprint density at radius 3 is 2.58 bits per heavy atom. The van der Waals surface area contributed by atoms with E-state index in [1.54, 1.807) is 24.3 Å². The van der Waals surface area contributed by atoms with Gasteiger partial charge < -0.3 is 20.2 Å². The van der Waals surface area contributed by atoms with E-state index in [0.717, 1.165) is 5.39 Å². The molecule has 1 fully saturated rings. The van der Waals surface area contributed by atoms with E-state index in [0.29, 0.717) is 18.4 Å². The van der Waals surface area contributed by atoms with E-state index >= 15 is 0 Å². The Bertz CT molecular complexity index is 1340. The highest BCUT2D eigenvalue weighted by molar-refractivity contribution is 7.89. The van der Waals surface area contributed by atoms with Crippen LogP contribution in [0.1, 0.15) is 44.2 Å². The van der Waals surface area contributed by atoms with Crippen LogP contribution >= 0.6 is 0 Å². The van der Waals surface area contributed by atoms with Crippen LogP contribution in [0.25, 0.3) is 11.0 Å². The number of sulfonamides is 1. The fourth-order valence-electron chi connectivity index (χ4n) is 4.72. The summed E-state index contributed by atoms with van der Waals surface area (Å²) in [4.78, 5) is 30.3. The average molecular weight is 543 g/mol. The normalized spacial score (nSPS) is 21.7. The zero-order valence-electron chi connectivity index (χ0n) is 21.7. The quantitative estimate of drug-likeness (QED) is 0.397. The highest BCUT2D eigenvalue weighted by atomic mass is 32.2. The van der Waals surface area contributed by atoms with E-state index in [-0.39, 0.29) is 35.7 Å². The molecule has 1 saturated heterocycles. The number of amides is 2. The summed E-state index contributed by atoms with van der Waals surface area (Å²) in [6.07, 6.45) is 0.999. The fraction of sp³-hybridized carbons (Fsp3) is 0.444. The Balaban J connectivity index is 1.47. The summed E-state index contributed by atoms with van der Waals surface area (Å²) in [5, 5.41) is 17.3. The molecule has 10 nitrogen and oxygen atoms in total. The molecule has 4 rings (SSSR count). The second kappa shape index (κ2) is 11.6. The number of β-amino-alcohol motifs (C(OH)–C–C–N with tert-alkyl or cyclic N) is 1. The monoisotopic (exact) mass is 542 g/mol. The molecule has 4 atom stereocenters. The molecule has 3 unspecified atom stereocenters. The highest BCUT2D eigenvalue weighted by Crippen LogP contribution is 2.23. The van der Waals surface area contributed by atoms with Crippen molar-refractivity contribution in [1.29, 1.82) is 0 Å². The number of hydrogen-bond acceptors (Lipinski definition) is 7. The van der Waals surface area contributed by atoms with Crippen LogP contribution in [0.5, 0.6) is 0 Å². The first kappa shape index (κ1) is 27.7. The molecular formula is C27H34N4O6S. The van der Waals surface area contributed by atoms with E-state index in [9.17, 15) is 23.1 Å². The standard InChI is InChI=1S/C27H34N4O6S/c1-17(2)12-21(30-27(34)24-14-19-8-4-5-9-23(19)37-24)26(33)29-20-13-18(3)15-31(16-22(20)32)38(35,36)25-10-6-7-11-28-25/h4-11,14,17-18,20-22,32H,12-13,15-16H2,1-3H3,(H,29,33)(H,30,34)/t18?,20?,21-,22?/m0/s1. The largest absolute Gasteiger partial charge is 0.451 e. The second-order valence-electron chi connectivity index (χ2n) is 10.3. The summed E-state index contributed by atoms with van der Waals surface area (Å²) in [5.41, 5.74) is 0.572. The maximum absolute atomic E-state index is 13.3. The van der Waals surface area contributed by atoms with Crippen molar-refractivity contribution in [3.05, 3.63) is 60.5 Å². The van der Waals surface area contributed by atoms with Crippen LogP contribution in [-0.4, -0.2) is 65.9 Å². The molecule has 0 spiro atoms. The number of aliphatic hydroxyl groups excluding tert-OH is 1. The summed E-state index contributed by atoms with van der Waals surface area (Å²) < 4.78 is 33.1. The van der Waals surface area contributed by atoms with Crippen molar-refractivity contribution in [1.82, 2.24) is 19.9 Å². The molecule has 1 aliphatic rings. The van der Waals surface area contributed by atoms with Gasteiger partial charge in [-0.1, -0.05) is 45.0 Å². The molecule has 2 amide bonds. The van der Waals surface area contributed by atoms with Crippen molar-refractivity contribution in [2.45, 2.75) is 56.8 Å². The minimum Gasteiger partial charge on any atom is -0.451 e. The Morgan fingerprint density at radius 1 is 1.16 bits per heavy atom. The number of rotatable bonds is 8. The van der Waals surface area contributed by atoms with E-state index in [1.165, 1.54) is 16.6 Å². The van der Waals surface area contributed by atoms with Crippen molar-refractivity contribution in [3.63, 3.8) is 0 Å². The summed E-state index contributed by atoms with van der Waals surface area (Å²) in [5.74, 6) is -0.903. The van der Waals surface area contributed by atoms with Gasteiger partial charge in [-0.15, -0.1) is 0 Å². The van der Waals surface area contributed by atoms with Gasteiger partial charge in [0.15, 0.2) is 10.8 Å². The molecule has 0 bridgehead atoms. The topological polar surface area (TPSA) is 142 Å². The van der Waals surface area contributed by atoms with Gasteiger partial charge in [-0.2, -0.15) is 4.31 Å². The maximum Gasteiger partial charge on any atom is 0.287 e. The average Bonchev–Trinajstić information content (AvgIpc) is 3.26. The van der Waals surface area contributed by atoms with Crippen LogP contribution in [0.15, 0.2) is 64.2 Å². The second-order valence-corrected chi connectivity index (χ2v) is 12.2. The number of benzene rings is 1. The van der Waals surface area contributed by atoms with Gasteiger partial charge in [-0.25, -0.2) is 13.4 Å². The number of carbonyl (C=O) groups excluding carboxylic acids is 2. The first-order chi connectivity index (χ1) is 18.0. The van der Waals surface area contributed by atoms with Crippen LogP contribution in [-0.2, 0) is 14.8 Å². The van der Waals surface area contributed by atoms with E-state index < -0.39 is 40.0 Å². The molecule has 0 radical (unpaired) electrons. The number of pyridine rings is 1. The number of hydrogen-bond donors (Lipinski definition) is 3. The molecule has 204 valence electrons. The minimum atomic E-state index is -3.91. The van der Waals surface area contributed by atoms with Crippen LogP contribution in [0.4, 0.5) is 0 Å². The molecule has 3 aromatic rings. The van der Waals surface area contributed by atoms with Crippen molar-refractivity contribution in [2.75, 3.05) is 13.1 Å². The van der Waals surface area contributed by atoms with Crippen molar-refractivity contribution >= 4 is 32.8 Å². The van der Waals surface area contributed by atoms with Crippen molar-refractivity contribution in [2.24, 2.45) is 11.8 Å². The number of furan rings is 1. The van der Waals surface area contributed by atoms with Gasteiger partial charge in [0.25, 0.3) is 15.9 Å². The lowest BCUT2D eigenvalue weighted by molar-refractivity contribution is -0.125. The predicted molar refractivity (Wildman–Crippen MR) is 142 cm³/mol. The molecule has 1 aromatic carbocycles. The van der Waals surface area contributed by atoms with Crippen molar-refractivity contribution in [3.8, 4) is 0 Å². The number of para-hydroxylation sites is 1. The highest BCUT2D eigenvalue weighted by Gasteiger charge is 2.37. The third-order valence-electron chi connectivity index (χ3n) is 6.57. The lowest BCUT2D eigenvalue weighted by atomic mass is 9.98. The Morgan fingerprint density at radius 2 is 1.89 bits per heavy atom. The molecule has 11 heteroatoms. The minimum absolute atomic E-state index is 0.0906. The number of nitrogens with one attached hydrogen (secondary N) is 2. The molecule has 2 aromatic heterocycles. The van der Waals surface area contributed by atoms with Gasteiger partial charge in [0.1, 0.15) is 11.6 Å². The summed E-state index contributed by atoms with van der Waals surface area (Å²) in [7, 11) is -3.91. The van der Waals surface area contributed by atoms with Gasteiger partial charge >= 0.3 is 0 Å². The van der Waals surface area contributed by atoms with Crippen LogP contribution in [0, 0.1) is 11.8 Å². The van der Waals surface area contributed by atoms with Crippen LogP contribution in [0.2, 0.25) is 0 Å². The van der Waals surface area contributed by atoms with Crippen LogP contribution in [0.3, 0.4) is 0 Å². The van der Waals surface area contributed by atoms with E-state index in [4.69, 9.17) is 4.42 Å². The number of carbonyl (C=O) groups is 2. The molecular weight excluding hydrogens is 508 g/mol. The number of aliphatic hydroxyl groups is 1. The summed E-state index contributed by atoms with van der Waals surface area (Å²) in [6.45, 7) is 5.75. The zero-order valence-corrected chi connectivity index (χ0v) is 22.5. The summed E-state index contributed by atoms with van der Waals surface area (Å²) >= 11 is 0. The van der Waals surface area contributed by atoms with Crippen molar-refractivity contribution < 1.29 is 27.5 Å². The van der Waals surface area contributed by atoms with E-state index in [2.05, 4.69) is 15.6 Å². The Hall–Kier alpha value is -3.28. The van der Waals surface area contributed by atoms with Gasteiger partial charge in [0.2, 0.25) is 5.91 Å². The lowest BCUT2D eigenvalue weighted by Gasteiger charge is -2.27. The van der Waals surface area contributed by atoms with Gasteiger partial charge in [0.05, 0.1) is 12.1 Å². The first-order valence-corrected chi connectivity index (χ1v) is 14.2. The lowest BCUT2D eigenvalue weighted by Crippen LogP contribution is -2.54. The summed E-state index contributed by atoms with van der Waals surface area (Å²) in [6, 6.07) is 11.9. The van der Waals surface area contributed by atoms with Gasteiger partial charge in [-0.05, 0) is 48.9 Å². The maximum atomic E-state index is 13.3. The molecule has 1 aliphatic heterocycles. The number of nitrogens with zero attached hydrogens (tertiary/aromatic N) is 2. The smallest absolute Gasteiger partial charge is 0.287 e. The molecule has 38 heavy (non-hydrogen) atoms. The molecule has 3 heterocycles. The molecule has 3 N–H and O–H groups in total. The first-order valence-electron chi connectivity index (χ1n) is 12.7. The van der Waals surface area contributed by atoms with Crippen LogP contribution < -0.4 is 10.6 Å². The van der Waals surface area contributed by atoms with Gasteiger partial charge in [-0.3, -0.25) is 9.59 Å². The Labute approximate surface area is 222 Å². The third-order valence-corrected chi connectivity index (χ3v) is 8.32. The third kappa shape index (κ3) is 6.40. The fourth-order valence-corrected chi connectivity index (χ4v) is 6.22. The molecule has 0 saturated carbocycles. The zero-order chi connectivity index (χ0) is 27.4. The number of fused-ring (bicyclic) bond motifs is 1.